The second kappa shape index (κ2) is 4.53. The Kier molecular flexibility index (Phi) is 2.95. The Bertz CT molecular complexity index is 905. The van der Waals surface area contributed by atoms with Gasteiger partial charge in [-0.2, -0.15) is 0 Å². The molecule has 0 fully saturated rings. The van der Waals surface area contributed by atoms with Gasteiger partial charge >= 0.3 is 0 Å². The average molecular weight is 309 g/mol. The minimum Gasteiger partial charge on any atom is -0.300 e. The maximum Gasteiger partial charge on any atom is 0.296 e. The summed E-state index contributed by atoms with van der Waals surface area (Å²) in [4.78, 5) is 4.22. The van der Waals surface area contributed by atoms with Gasteiger partial charge in [-0.1, -0.05) is 6.07 Å². The maximum absolute atomic E-state index is 11.3. The van der Waals surface area contributed by atoms with Crippen LogP contribution < -0.4 is 0 Å². The van der Waals surface area contributed by atoms with Crippen LogP contribution in [0.1, 0.15) is 0 Å². The van der Waals surface area contributed by atoms with Gasteiger partial charge in [0.15, 0.2) is 5.82 Å². The average Bonchev–Trinajstić information content (AvgIpc) is 2.80. The Morgan fingerprint density at radius 3 is 2.70 bits per heavy atom. The molecule has 0 saturated heterocycles. The standard InChI is InChI=1S/C12H9ClN4O2S/c1-17-11(15-16-12(17)20(13,18)19)9-4-5-10-8(7-9)3-2-6-14-10/h2-7H,1H3. The summed E-state index contributed by atoms with van der Waals surface area (Å²) >= 11 is 0. The van der Waals surface area contributed by atoms with Gasteiger partial charge in [-0.25, -0.2) is 8.42 Å². The molecule has 0 bridgehead atoms. The predicted molar refractivity (Wildman–Crippen MR) is 74.8 cm³/mol. The molecular weight excluding hydrogens is 300 g/mol. The van der Waals surface area contributed by atoms with Crippen LogP contribution in [0.4, 0.5) is 0 Å². The highest BCUT2D eigenvalue weighted by molar-refractivity contribution is 8.13. The molecule has 0 N–H and O–H groups in total. The molecule has 3 aromatic rings. The lowest BCUT2D eigenvalue weighted by Crippen LogP contribution is -2.02. The zero-order valence-electron chi connectivity index (χ0n) is 10.4. The Labute approximate surface area is 119 Å². The molecule has 2 aromatic heterocycles. The Hall–Kier alpha value is -1.99. The highest BCUT2D eigenvalue weighted by atomic mass is 35.7. The van der Waals surface area contributed by atoms with Crippen LogP contribution in [0, 0.1) is 0 Å². The van der Waals surface area contributed by atoms with E-state index in [0.717, 1.165) is 16.5 Å². The number of hydrogen-bond acceptors (Lipinski definition) is 5. The summed E-state index contributed by atoms with van der Waals surface area (Å²) in [5.41, 5.74) is 1.59. The van der Waals surface area contributed by atoms with Gasteiger partial charge in [0.2, 0.25) is 0 Å². The Morgan fingerprint density at radius 1 is 1.20 bits per heavy atom. The maximum atomic E-state index is 11.3. The molecule has 0 amide bonds. The van der Waals surface area contributed by atoms with Gasteiger partial charge in [0.25, 0.3) is 14.2 Å². The van der Waals surface area contributed by atoms with Crippen molar-refractivity contribution in [2.45, 2.75) is 5.16 Å². The van der Waals surface area contributed by atoms with Crippen LogP contribution in [0.3, 0.4) is 0 Å². The smallest absolute Gasteiger partial charge is 0.296 e. The van der Waals surface area contributed by atoms with Crippen LogP contribution in [-0.2, 0) is 16.1 Å². The molecule has 0 atom stereocenters. The molecular formula is C12H9ClN4O2S. The van der Waals surface area contributed by atoms with Crippen LogP contribution in [0.2, 0.25) is 0 Å². The third kappa shape index (κ3) is 2.14. The third-order valence-corrected chi connectivity index (χ3v) is 4.12. The van der Waals surface area contributed by atoms with Crippen molar-refractivity contribution in [3.63, 3.8) is 0 Å². The van der Waals surface area contributed by atoms with Gasteiger partial charge in [0.05, 0.1) is 5.52 Å². The van der Waals surface area contributed by atoms with Crippen molar-refractivity contribution in [2.75, 3.05) is 0 Å². The first-order chi connectivity index (χ1) is 9.47. The lowest BCUT2D eigenvalue weighted by molar-refractivity contribution is 0.593. The number of hydrogen-bond donors (Lipinski definition) is 0. The number of aromatic nitrogens is 4. The van der Waals surface area contributed by atoms with E-state index in [1.165, 1.54) is 4.57 Å². The van der Waals surface area contributed by atoms with Crippen LogP contribution >= 0.6 is 10.7 Å². The van der Waals surface area contributed by atoms with Crippen molar-refractivity contribution in [1.29, 1.82) is 0 Å². The minimum absolute atomic E-state index is 0.277. The molecule has 0 spiro atoms. The summed E-state index contributed by atoms with van der Waals surface area (Å²) in [6.07, 6.45) is 1.71. The van der Waals surface area contributed by atoms with E-state index in [2.05, 4.69) is 15.2 Å². The molecule has 0 radical (unpaired) electrons. The molecule has 0 aliphatic rings. The zero-order chi connectivity index (χ0) is 14.3. The van der Waals surface area contributed by atoms with Crippen LogP contribution in [0.25, 0.3) is 22.3 Å². The van der Waals surface area contributed by atoms with Gasteiger partial charge in [0, 0.05) is 34.9 Å². The van der Waals surface area contributed by atoms with E-state index in [4.69, 9.17) is 10.7 Å². The van der Waals surface area contributed by atoms with Crippen molar-refractivity contribution >= 4 is 30.6 Å². The Balaban J connectivity index is 2.19. The van der Waals surface area contributed by atoms with E-state index in [1.54, 1.807) is 13.2 Å². The van der Waals surface area contributed by atoms with E-state index in [1.807, 2.05) is 30.3 Å². The number of benzene rings is 1. The van der Waals surface area contributed by atoms with E-state index in [-0.39, 0.29) is 5.16 Å². The van der Waals surface area contributed by atoms with Gasteiger partial charge < -0.3 is 0 Å². The fourth-order valence-corrected chi connectivity index (χ4v) is 2.95. The number of halogens is 1. The molecule has 8 heteroatoms. The van der Waals surface area contributed by atoms with E-state index in [0.29, 0.717) is 5.82 Å². The first-order valence-corrected chi connectivity index (χ1v) is 7.97. The number of fused-ring (bicyclic) bond motifs is 1. The molecule has 6 nitrogen and oxygen atoms in total. The molecule has 0 unspecified atom stereocenters. The van der Waals surface area contributed by atoms with Gasteiger partial charge in [-0.15, -0.1) is 10.2 Å². The quantitative estimate of drug-likeness (QED) is 0.676. The van der Waals surface area contributed by atoms with Gasteiger partial charge in [0.1, 0.15) is 0 Å². The minimum atomic E-state index is -3.91. The molecule has 3 rings (SSSR count). The highest BCUT2D eigenvalue weighted by Crippen LogP contribution is 2.24. The normalized spacial score (nSPS) is 11.9. The fraction of sp³-hybridized carbons (Fsp3) is 0.0833. The van der Waals surface area contributed by atoms with E-state index in [9.17, 15) is 8.42 Å². The molecule has 1 aromatic carbocycles. The second-order valence-corrected chi connectivity index (χ2v) is 6.67. The summed E-state index contributed by atoms with van der Waals surface area (Å²) in [5, 5.41) is 8.17. The molecule has 2 heterocycles. The fourth-order valence-electron chi connectivity index (χ4n) is 1.99. The first kappa shape index (κ1) is 13.0. The number of nitrogens with zero attached hydrogens (tertiary/aromatic N) is 4. The molecule has 0 aliphatic carbocycles. The van der Waals surface area contributed by atoms with Crippen molar-refractivity contribution in [2.24, 2.45) is 7.05 Å². The van der Waals surface area contributed by atoms with Crippen LogP contribution in [0.5, 0.6) is 0 Å². The van der Waals surface area contributed by atoms with E-state index < -0.39 is 9.05 Å². The summed E-state index contributed by atoms with van der Waals surface area (Å²) in [5.74, 6) is 0.426. The van der Waals surface area contributed by atoms with Gasteiger partial charge in [-0.3, -0.25) is 9.55 Å². The zero-order valence-corrected chi connectivity index (χ0v) is 11.9. The molecule has 0 aliphatic heterocycles. The van der Waals surface area contributed by atoms with E-state index >= 15 is 0 Å². The molecule has 0 saturated carbocycles. The monoisotopic (exact) mass is 308 g/mol. The summed E-state index contributed by atoms with van der Waals surface area (Å²) < 4.78 is 24.0. The Morgan fingerprint density at radius 2 is 2.00 bits per heavy atom. The summed E-state index contributed by atoms with van der Waals surface area (Å²) in [6.45, 7) is 0. The topological polar surface area (TPSA) is 77.7 Å². The summed E-state index contributed by atoms with van der Waals surface area (Å²) in [7, 11) is 2.94. The summed E-state index contributed by atoms with van der Waals surface area (Å²) in [6, 6.07) is 9.27. The number of pyridine rings is 1. The molecule has 20 heavy (non-hydrogen) atoms. The number of rotatable bonds is 2. The van der Waals surface area contributed by atoms with Crippen molar-refractivity contribution in [1.82, 2.24) is 19.7 Å². The highest BCUT2D eigenvalue weighted by Gasteiger charge is 2.21. The van der Waals surface area contributed by atoms with Crippen molar-refractivity contribution < 1.29 is 8.42 Å². The predicted octanol–water partition coefficient (Wildman–Crippen LogP) is 1.96. The second-order valence-electron chi connectivity index (χ2n) is 4.21. The van der Waals surface area contributed by atoms with Gasteiger partial charge in [-0.05, 0) is 24.3 Å². The molecule has 102 valence electrons. The first-order valence-electron chi connectivity index (χ1n) is 5.66. The van der Waals surface area contributed by atoms with Crippen LogP contribution in [0.15, 0.2) is 41.7 Å². The van der Waals surface area contributed by atoms with Crippen LogP contribution in [-0.4, -0.2) is 28.2 Å². The lowest BCUT2D eigenvalue weighted by Gasteiger charge is -2.03. The lowest BCUT2D eigenvalue weighted by atomic mass is 10.1. The van der Waals surface area contributed by atoms with Crippen molar-refractivity contribution in [3.8, 4) is 11.4 Å². The third-order valence-electron chi connectivity index (χ3n) is 2.91. The largest absolute Gasteiger partial charge is 0.300 e. The SMILES string of the molecule is Cn1c(-c2ccc3ncccc3c2)nnc1S(=O)(=O)Cl. The van der Waals surface area contributed by atoms with Crippen molar-refractivity contribution in [3.05, 3.63) is 36.5 Å².